The number of carbonyl (C=O) groups excluding carboxylic acids is 1. The van der Waals surface area contributed by atoms with Crippen LogP contribution in [-0.4, -0.2) is 36.4 Å². The summed E-state index contributed by atoms with van der Waals surface area (Å²) in [5, 5.41) is 11.5. The molecule has 8 heteroatoms. The number of hydrogen-bond acceptors (Lipinski definition) is 7. The average molecular weight is 323 g/mol. The van der Waals surface area contributed by atoms with E-state index in [1.807, 2.05) is 0 Å². The number of rotatable bonds is 7. The molecular weight excluding hydrogens is 306 g/mol. The second-order valence-electron chi connectivity index (χ2n) is 4.36. The highest BCUT2D eigenvalue weighted by atomic mass is 32.1. The molecule has 0 bridgehead atoms. The van der Waals surface area contributed by atoms with Gasteiger partial charge in [0.1, 0.15) is 23.1 Å². The Labute approximate surface area is 132 Å². The Morgan fingerprint density at radius 2 is 2.09 bits per heavy atom. The molecule has 1 atom stereocenters. The topological polar surface area (TPSA) is 82.6 Å². The fourth-order valence-corrected chi connectivity index (χ4v) is 2.34. The predicted octanol–water partition coefficient (Wildman–Crippen LogP) is 2.10. The lowest BCUT2D eigenvalue weighted by molar-refractivity contribution is -0.122. The smallest absolute Gasteiger partial charge is 0.266 e. The maximum absolute atomic E-state index is 12.1. The van der Waals surface area contributed by atoms with Gasteiger partial charge >= 0.3 is 0 Å². The van der Waals surface area contributed by atoms with Gasteiger partial charge in [-0.3, -0.25) is 10.1 Å². The van der Waals surface area contributed by atoms with Crippen molar-refractivity contribution in [3.8, 4) is 11.5 Å². The Morgan fingerprint density at radius 1 is 1.32 bits per heavy atom. The van der Waals surface area contributed by atoms with E-state index in [-0.39, 0.29) is 5.91 Å². The molecule has 0 saturated heterocycles. The summed E-state index contributed by atoms with van der Waals surface area (Å²) in [6.07, 6.45) is -0.679. The summed E-state index contributed by atoms with van der Waals surface area (Å²) in [7, 11) is 3.14. The quantitative estimate of drug-likeness (QED) is 0.840. The van der Waals surface area contributed by atoms with Gasteiger partial charge in [-0.2, -0.15) is 0 Å². The first-order valence-corrected chi connectivity index (χ1v) is 7.37. The lowest BCUT2D eigenvalue weighted by Crippen LogP contribution is -2.30. The Kier molecular flexibility index (Phi) is 5.68. The second kappa shape index (κ2) is 7.71. The molecule has 0 aliphatic rings. The second-order valence-corrected chi connectivity index (χ2v) is 5.42. The Morgan fingerprint density at radius 3 is 2.82 bits per heavy atom. The van der Waals surface area contributed by atoms with Gasteiger partial charge in [0.15, 0.2) is 6.10 Å². The zero-order valence-electron chi connectivity index (χ0n) is 12.5. The van der Waals surface area contributed by atoms with Crippen LogP contribution in [0.1, 0.15) is 11.9 Å². The summed E-state index contributed by atoms with van der Waals surface area (Å²) < 4.78 is 15.6. The molecule has 118 valence electrons. The minimum absolute atomic E-state index is 0.303. The summed E-state index contributed by atoms with van der Waals surface area (Å²) in [6, 6.07) is 7.07. The van der Waals surface area contributed by atoms with E-state index in [9.17, 15) is 4.79 Å². The Bertz CT molecular complexity index is 632. The van der Waals surface area contributed by atoms with Crippen LogP contribution in [0.15, 0.2) is 24.3 Å². The molecule has 1 aromatic heterocycles. The van der Waals surface area contributed by atoms with Crippen LogP contribution >= 0.6 is 11.3 Å². The number of benzene rings is 1. The van der Waals surface area contributed by atoms with Crippen molar-refractivity contribution in [1.82, 2.24) is 10.2 Å². The van der Waals surface area contributed by atoms with Crippen molar-refractivity contribution in [3.63, 3.8) is 0 Å². The van der Waals surface area contributed by atoms with E-state index in [4.69, 9.17) is 14.2 Å². The van der Waals surface area contributed by atoms with Gasteiger partial charge in [0, 0.05) is 13.2 Å². The van der Waals surface area contributed by atoms with Crippen molar-refractivity contribution in [2.75, 3.05) is 19.5 Å². The monoisotopic (exact) mass is 323 g/mol. The number of methoxy groups -OCH3 is 2. The van der Waals surface area contributed by atoms with Gasteiger partial charge in [-0.25, -0.2) is 0 Å². The minimum atomic E-state index is -0.679. The molecule has 2 rings (SSSR count). The molecule has 1 heterocycles. The highest BCUT2D eigenvalue weighted by Crippen LogP contribution is 2.21. The zero-order chi connectivity index (χ0) is 15.9. The van der Waals surface area contributed by atoms with Crippen molar-refractivity contribution in [1.29, 1.82) is 0 Å². The minimum Gasteiger partial charge on any atom is -0.497 e. The molecule has 0 fully saturated rings. The molecule has 0 spiro atoms. The van der Waals surface area contributed by atoms with Gasteiger partial charge in [-0.15, -0.1) is 10.2 Å². The van der Waals surface area contributed by atoms with Gasteiger partial charge in [0.25, 0.3) is 5.91 Å². The molecule has 0 saturated carbocycles. The van der Waals surface area contributed by atoms with Crippen LogP contribution < -0.4 is 14.8 Å². The number of carbonyl (C=O) groups is 1. The van der Waals surface area contributed by atoms with E-state index in [0.29, 0.717) is 28.2 Å². The van der Waals surface area contributed by atoms with Crippen molar-refractivity contribution in [3.05, 3.63) is 29.3 Å². The number of anilines is 1. The van der Waals surface area contributed by atoms with Gasteiger partial charge in [0.05, 0.1) is 7.11 Å². The number of nitrogens with zero attached hydrogens (tertiary/aromatic N) is 2. The molecule has 0 aliphatic carbocycles. The summed E-state index contributed by atoms with van der Waals surface area (Å²) in [4.78, 5) is 12.1. The van der Waals surface area contributed by atoms with E-state index in [1.165, 1.54) is 11.3 Å². The highest BCUT2D eigenvalue weighted by molar-refractivity contribution is 7.15. The van der Waals surface area contributed by atoms with Gasteiger partial charge < -0.3 is 14.2 Å². The average Bonchev–Trinajstić information content (AvgIpc) is 2.95. The molecular formula is C14H17N3O4S. The number of hydrogen-bond donors (Lipinski definition) is 1. The third-order valence-electron chi connectivity index (χ3n) is 2.69. The first-order valence-electron chi connectivity index (χ1n) is 6.55. The number of nitrogens with one attached hydrogen (secondary N) is 1. The number of amides is 1. The molecule has 0 radical (unpaired) electrons. The van der Waals surface area contributed by atoms with E-state index in [1.54, 1.807) is 45.4 Å². The maximum Gasteiger partial charge on any atom is 0.266 e. The van der Waals surface area contributed by atoms with Crippen LogP contribution in [-0.2, 0) is 16.1 Å². The van der Waals surface area contributed by atoms with E-state index in [2.05, 4.69) is 15.5 Å². The van der Waals surface area contributed by atoms with Gasteiger partial charge in [-0.1, -0.05) is 17.4 Å². The summed E-state index contributed by atoms with van der Waals surface area (Å²) in [5.74, 6) is 0.917. The standard InChI is InChI=1S/C14H17N3O4S/c1-9(21-11-6-4-5-10(7-11)20-3)13(18)15-14-17-16-12(22-14)8-19-2/h4-7,9H,8H2,1-3H3,(H,15,17,18). The fourth-order valence-electron chi connectivity index (χ4n) is 1.63. The molecule has 2 aromatic rings. The van der Waals surface area contributed by atoms with Crippen molar-refractivity contribution < 1.29 is 19.0 Å². The zero-order valence-corrected chi connectivity index (χ0v) is 13.3. The molecule has 1 aromatic carbocycles. The van der Waals surface area contributed by atoms with Crippen LogP contribution in [0.4, 0.5) is 5.13 Å². The van der Waals surface area contributed by atoms with Gasteiger partial charge in [0.2, 0.25) is 5.13 Å². The fraction of sp³-hybridized carbons (Fsp3) is 0.357. The first-order chi connectivity index (χ1) is 10.6. The van der Waals surface area contributed by atoms with E-state index >= 15 is 0 Å². The van der Waals surface area contributed by atoms with Crippen LogP contribution in [0.3, 0.4) is 0 Å². The van der Waals surface area contributed by atoms with Crippen molar-refractivity contribution in [2.24, 2.45) is 0 Å². The summed E-state index contributed by atoms with van der Waals surface area (Å²) in [6.45, 7) is 2.02. The van der Waals surface area contributed by atoms with Crippen LogP contribution in [0, 0.1) is 0 Å². The highest BCUT2D eigenvalue weighted by Gasteiger charge is 2.17. The summed E-state index contributed by atoms with van der Waals surface area (Å²) in [5.41, 5.74) is 0. The normalized spacial score (nSPS) is 11.8. The van der Waals surface area contributed by atoms with Crippen LogP contribution in [0.5, 0.6) is 11.5 Å². The molecule has 1 amide bonds. The molecule has 7 nitrogen and oxygen atoms in total. The Hall–Kier alpha value is -2.19. The maximum atomic E-state index is 12.1. The molecule has 0 aliphatic heterocycles. The van der Waals surface area contributed by atoms with Crippen molar-refractivity contribution >= 4 is 22.4 Å². The third-order valence-corrected chi connectivity index (χ3v) is 3.50. The molecule has 1 N–H and O–H groups in total. The van der Waals surface area contributed by atoms with E-state index < -0.39 is 6.10 Å². The first kappa shape index (κ1) is 16.2. The predicted molar refractivity (Wildman–Crippen MR) is 82.3 cm³/mol. The lowest BCUT2D eigenvalue weighted by Gasteiger charge is -2.14. The Balaban J connectivity index is 1.93. The molecule has 22 heavy (non-hydrogen) atoms. The lowest BCUT2D eigenvalue weighted by atomic mass is 10.3. The van der Waals surface area contributed by atoms with E-state index in [0.717, 1.165) is 0 Å². The largest absolute Gasteiger partial charge is 0.497 e. The van der Waals surface area contributed by atoms with Crippen molar-refractivity contribution in [2.45, 2.75) is 19.6 Å². The summed E-state index contributed by atoms with van der Waals surface area (Å²) >= 11 is 1.26. The number of ether oxygens (including phenoxy) is 3. The third kappa shape index (κ3) is 4.40. The van der Waals surface area contributed by atoms with Crippen LogP contribution in [0.2, 0.25) is 0 Å². The SMILES string of the molecule is COCc1nnc(NC(=O)C(C)Oc2cccc(OC)c2)s1. The molecule has 1 unspecified atom stereocenters. The van der Waals surface area contributed by atoms with Crippen LogP contribution in [0.25, 0.3) is 0 Å². The van der Waals surface area contributed by atoms with Gasteiger partial charge in [-0.05, 0) is 19.1 Å². The number of aromatic nitrogens is 2.